The Hall–Kier alpha value is -3.67. The molecule has 4 rings (SSSR count). The van der Waals surface area contributed by atoms with Crippen LogP contribution in [0.3, 0.4) is 0 Å². The Bertz CT molecular complexity index is 1090. The van der Waals surface area contributed by atoms with E-state index in [1.165, 1.54) is 6.07 Å². The monoisotopic (exact) mass is 331 g/mol. The number of anilines is 1. The molecule has 0 radical (unpaired) electrons. The zero-order chi connectivity index (χ0) is 17.4. The van der Waals surface area contributed by atoms with Crippen LogP contribution in [0.5, 0.6) is 0 Å². The van der Waals surface area contributed by atoms with Crippen LogP contribution in [0.4, 0.5) is 11.5 Å². The summed E-state index contributed by atoms with van der Waals surface area (Å²) in [7, 11) is 0. The molecule has 0 fully saturated rings. The number of nitro benzene ring substituents is 1. The van der Waals surface area contributed by atoms with E-state index in [0.717, 1.165) is 22.3 Å². The fourth-order valence-corrected chi connectivity index (χ4v) is 2.94. The van der Waals surface area contributed by atoms with Crippen molar-refractivity contribution in [2.24, 2.45) is 0 Å². The predicted molar refractivity (Wildman–Crippen MR) is 95.9 cm³/mol. The highest BCUT2D eigenvalue weighted by Crippen LogP contribution is 2.40. The molecule has 122 valence electrons. The molecule has 0 saturated carbocycles. The van der Waals surface area contributed by atoms with Gasteiger partial charge in [0, 0.05) is 17.7 Å². The van der Waals surface area contributed by atoms with E-state index in [-0.39, 0.29) is 5.69 Å². The Kier molecular flexibility index (Phi) is 3.43. The van der Waals surface area contributed by atoms with E-state index in [4.69, 9.17) is 10.3 Å². The summed E-state index contributed by atoms with van der Waals surface area (Å²) < 4.78 is 5.47. The molecule has 0 bridgehead atoms. The molecule has 0 atom stereocenters. The first-order valence-corrected chi connectivity index (χ1v) is 7.63. The second-order valence-corrected chi connectivity index (χ2v) is 5.61. The molecular weight excluding hydrogens is 318 g/mol. The average Bonchev–Trinajstić information content (AvgIpc) is 3.03. The minimum atomic E-state index is -0.406. The number of benzene rings is 3. The van der Waals surface area contributed by atoms with E-state index in [2.05, 4.69) is 5.16 Å². The summed E-state index contributed by atoms with van der Waals surface area (Å²) in [4.78, 5) is 10.7. The standard InChI is InChI=1S/C19H13N3O3/c20-19-16-10-9-15(13-7-4-8-14(11-13)22(23)24)17(18(16)25-21-19)12-5-2-1-3-6-12/h1-11H,(H2,20,21). The Morgan fingerprint density at radius 2 is 1.72 bits per heavy atom. The van der Waals surface area contributed by atoms with Gasteiger partial charge >= 0.3 is 0 Å². The fraction of sp³-hybridized carbons (Fsp3) is 0. The molecule has 0 aliphatic heterocycles. The van der Waals surface area contributed by atoms with Crippen LogP contribution in [-0.4, -0.2) is 10.1 Å². The number of nitro groups is 1. The maximum Gasteiger partial charge on any atom is 0.270 e. The molecule has 0 spiro atoms. The van der Waals surface area contributed by atoms with Crippen molar-refractivity contribution in [3.63, 3.8) is 0 Å². The van der Waals surface area contributed by atoms with Gasteiger partial charge in [-0.25, -0.2) is 0 Å². The minimum absolute atomic E-state index is 0.0358. The first kappa shape index (κ1) is 14.9. The molecule has 3 aromatic carbocycles. The lowest BCUT2D eigenvalue weighted by molar-refractivity contribution is -0.384. The zero-order valence-electron chi connectivity index (χ0n) is 13.0. The van der Waals surface area contributed by atoms with Crippen LogP contribution in [0.25, 0.3) is 33.2 Å². The molecule has 0 unspecified atom stereocenters. The summed E-state index contributed by atoms with van der Waals surface area (Å²) in [6.45, 7) is 0. The van der Waals surface area contributed by atoms with Gasteiger partial charge in [0.25, 0.3) is 5.69 Å². The van der Waals surface area contributed by atoms with Gasteiger partial charge < -0.3 is 10.3 Å². The summed E-state index contributed by atoms with van der Waals surface area (Å²) in [6.07, 6.45) is 0. The maximum absolute atomic E-state index is 11.1. The second kappa shape index (κ2) is 5.76. The van der Waals surface area contributed by atoms with Crippen molar-refractivity contribution in [1.82, 2.24) is 5.16 Å². The topological polar surface area (TPSA) is 95.2 Å². The lowest BCUT2D eigenvalue weighted by Gasteiger charge is -2.10. The third kappa shape index (κ3) is 2.49. The number of rotatable bonds is 3. The lowest BCUT2D eigenvalue weighted by atomic mass is 9.92. The van der Waals surface area contributed by atoms with Gasteiger partial charge in [0.15, 0.2) is 11.4 Å². The maximum atomic E-state index is 11.1. The van der Waals surface area contributed by atoms with Crippen molar-refractivity contribution in [3.05, 3.63) is 76.8 Å². The first-order chi connectivity index (χ1) is 12.1. The first-order valence-electron chi connectivity index (χ1n) is 7.63. The summed E-state index contributed by atoms with van der Waals surface area (Å²) in [5, 5.41) is 15.7. The fourth-order valence-electron chi connectivity index (χ4n) is 2.94. The largest absolute Gasteiger partial charge is 0.380 e. The van der Waals surface area contributed by atoms with Crippen LogP contribution in [-0.2, 0) is 0 Å². The lowest BCUT2D eigenvalue weighted by Crippen LogP contribution is -1.91. The normalized spacial score (nSPS) is 10.9. The molecule has 0 saturated heterocycles. The Labute approximate surface area is 142 Å². The smallest absolute Gasteiger partial charge is 0.270 e. The van der Waals surface area contributed by atoms with Gasteiger partial charge in [-0.3, -0.25) is 10.1 Å². The van der Waals surface area contributed by atoms with Crippen LogP contribution in [0.15, 0.2) is 71.3 Å². The van der Waals surface area contributed by atoms with E-state index in [9.17, 15) is 10.1 Å². The van der Waals surface area contributed by atoms with Crippen molar-refractivity contribution in [2.75, 3.05) is 5.73 Å². The summed E-state index contributed by atoms with van der Waals surface area (Å²) in [5.41, 5.74) is 9.76. The number of nitrogens with zero attached hydrogens (tertiary/aromatic N) is 2. The van der Waals surface area contributed by atoms with Crippen LogP contribution < -0.4 is 5.73 Å². The molecule has 25 heavy (non-hydrogen) atoms. The van der Waals surface area contributed by atoms with Gasteiger partial charge in [-0.15, -0.1) is 0 Å². The molecular formula is C19H13N3O3. The molecule has 6 nitrogen and oxygen atoms in total. The Balaban J connectivity index is 2.04. The molecule has 2 N–H and O–H groups in total. The Morgan fingerprint density at radius 1 is 0.960 bits per heavy atom. The van der Waals surface area contributed by atoms with E-state index >= 15 is 0 Å². The Morgan fingerprint density at radius 3 is 2.48 bits per heavy atom. The SMILES string of the molecule is Nc1noc2c(-c3ccccc3)c(-c3cccc([N+](=O)[O-])c3)ccc12. The van der Waals surface area contributed by atoms with Crippen LogP contribution in [0.1, 0.15) is 0 Å². The molecule has 6 heteroatoms. The van der Waals surface area contributed by atoms with Crippen molar-refractivity contribution in [2.45, 2.75) is 0 Å². The highest BCUT2D eigenvalue weighted by Gasteiger charge is 2.18. The number of hydrogen-bond acceptors (Lipinski definition) is 5. The van der Waals surface area contributed by atoms with Crippen LogP contribution in [0.2, 0.25) is 0 Å². The van der Waals surface area contributed by atoms with Crippen molar-refractivity contribution in [1.29, 1.82) is 0 Å². The third-order valence-electron chi connectivity index (χ3n) is 4.10. The van der Waals surface area contributed by atoms with Gasteiger partial charge in [-0.1, -0.05) is 53.7 Å². The van der Waals surface area contributed by atoms with E-state index in [1.807, 2.05) is 48.5 Å². The van der Waals surface area contributed by atoms with Crippen molar-refractivity contribution < 1.29 is 9.45 Å². The highest BCUT2D eigenvalue weighted by molar-refractivity contribution is 6.04. The van der Waals surface area contributed by atoms with Gasteiger partial charge in [0.2, 0.25) is 0 Å². The molecule has 4 aromatic rings. The molecule has 0 aliphatic carbocycles. The van der Waals surface area contributed by atoms with Crippen LogP contribution >= 0.6 is 0 Å². The van der Waals surface area contributed by atoms with Gasteiger partial charge in [0.1, 0.15) is 0 Å². The molecule has 0 amide bonds. The van der Waals surface area contributed by atoms with E-state index < -0.39 is 4.92 Å². The van der Waals surface area contributed by atoms with E-state index in [0.29, 0.717) is 16.8 Å². The quantitative estimate of drug-likeness (QED) is 0.435. The van der Waals surface area contributed by atoms with Gasteiger partial charge in [-0.05, 0) is 22.8 Å². The predicted octanol–water partition coefficient (Wildman–Crippen LogP) is 4.65. The van der Waals surface area contributed by atoms with Gasteiger partial charge in [0.05, 0.1) is 10.3 Å². The summed E-state index contributed by atoms with van der Waals surface area (Å²) in [5.74, 6) is 0.317. The summed E-state index contributed by atoms with van der Waals surface area (Å²) >= 11 is 0. The van der Waals surface area contributed by atoms with Crippen molar-refractivity contribution >= 4 is 22.5 Å². The van der Waals surface area contributed by atoms with Crippen molar-refractivity contribution in [3.8, 4) is 22.3 Å². The molecule has 1 aromatic heterocycles. The zero-order valence-corrected chi connectivity index (χ0v) is 13.0. The number of non-ortho nitro benzene ring substituents is 1. The highest BCUT2D eigenvalue weighted by atomic mass is 16.6. The number of hydrogen-bond donors (Lipinski definition) is 1. The minimum Gasteiger partial charge on any atom is -0.380 e. The number of nitrogen functional groups attached to an aromatic ring is 1. The number of aromatic nitrogens is 1. The average molecular weight is 331 g/mol. The van der Waals surface area contributed by atoms with Crippen LogP contribution in [0, 0.1) is 10.1 Å². The van der Waals surface area contributed by atoms with E-state index in [1.54, 1.807) is 12.1 Å². The molecule has 0 aliphatic rings. The van der Waals surface area contributed by atoms with Gasteiger partial charge in [-0.2, -0.15) is 0 Å². The second-order valence-electron chi connectivity index (χ2n) is 5.61. The third-order valence-corrected chi connectivity index (χ3v) is 4.10. The number of fused-ring (bicyclic) bond motifs is 1. The number of nitrogens with two attached hydrogens (primary N) is 1. The molecule has 1 heterocycles. The summed E-state index contributed by atoms with van der Waals surface area (Å²) in [6, 6.07) is 19.9.